The van der Waals surface area contributed by atoms with Gasteiger partial charge in [0.05, 0.1) is 6.61 Å². The summed E-state index contributed by atoms with van der Waals surface area (Å²) in [7, 11) is 0. The van der Waals surface area contributed by atoms with E-state index in [4.69, 9.17) is 5.11 Å². The average Bonchev–Trinajstić information content (AvgIpc) is 2.60. The molecule has 18 heteroatoms. The molecule has 1 amide bonds. The number of nitrogens with zero attached hydrogens (tertiary/aromatic N) is 2. The van der Waals surface area contributed by atoms with E-state index >= 15 is 0 Å². The van der Waals surface area contributed by atoms with Crippen LogP contribution in [0.15, 0.2) is 0 Å². The Bertz CT molecular complexity index is 633. The minimum atomic E-state index is -8.04. The first-order chi connectivity index (χ1) is 13.2. The molecular formula is C13H14ClF13N2O2. The van der Waals surface area contributed by atoms with Crippen LogP contribution < -0.4 is 0 Å². The number of alkyl halides is 13. The van der Waals surface area contributed by atoms with Crippen molar-refractivity contribution in [1.82, 2.24) is 9.80 Å². The van der Waals surface area contributed by atoms with Gasteiger partial charge in [-0.2, -0.15) is 57.1 Å². The summed E-state index contributed by atoms with van der Waals surface area (Å²) >= 11 is 0. The minimum absolute atomic E-state index is 0. The number of carbonyl (C=O) groups is 1. The Morgan fingerprint density at radius 1 is 0.677 bits per heavy atom. The second-order valence-electron chi connectivity index (χ2n) is 6.23. The molecular weight excluding hydrogens is 499 g/mol. The highest BCUT2D eigenvalue weighted by atomic mass is 35.5. The predicted molar refractivity (Wildman–Crippen MR) is 78.1 cm³/mol. The number of amides is 1. The molecule has 1 saturated heterocycles. The van der Waals surface area contributed by atoms with Crippen LogP contribution in [0.1, 0.15) is 0 Å². The van der Waals surface area contributed by atoms with Gasteiger partial charge in [0.25, 0.3) is 5.91 Å². The van der Waals surface area contributed by atoms with Gasteiger partial charge < -0.3 is 10.0 Å². The topological polar surface area (TPSA) is 43.8 Å². The Labute approximate surface area is 171 Å². The predicted octanol–water partition coefficient (Wildman–Crippen LogP) is 3.28. The zero-order chi connectivity index (χ0) is 24.0. The highest BCUT2D eigenvalue weighted by molar-refractivity contribution is 5.85. The van der Waals surface area contributed by atoms with Crippen molar-refractivity contribution < 1.29 is 67.0 Å². The van der Waals surface area contributed by atoms with Crippen LogP contribution in [-0.4, -0.2) is 95.9 Å². The van der Waals surface area contributed by atoms with Crippen LogP contribution in [0.2, 0.25) is 0 Å². The second-order valence-corrected chi connectivity index (χ2v) is 6.23. The molecule has 1 rings (SSSR count). The maximum absolute atomic E-state index is 13.8. The molecule has 1 aliphatic heterocycles. The number of halogens is 14. The summed E-state index contributed by atoms with van der Waals surface area (Å²) in [6.07, 6.45) is -7.50. The van der Waals surface area contributed by atoms with Crippen LogP contribution in [0.3, 0.4) is 0 Å². The molecule has 0 atom stereocenters. The molecule has 186 valence electrons. The summed E-state index contributed by atoms with van der Waals surface area (Å²) in [6, 6.07) is 0. The zero-order valence-electron chi connectivity index (χ0n) is 14.8. The van der Waals surface area contributed by atoms with E-state index in [-0.39, 0.29) is 36.9 Å². The number of β-amino-alcohol motifs (C(OH)–C–C–N with tert-alkyl or cyclic N) is 1. The number of hydrogen-bond acceptors (Lipinski definition) is 3. The fourth-order valence-corrected chi connectivity index (χ4v) is 2.42. The fourth-order valence-electron chi connectivity index (χ4n) is 2.42. The van der Waals surface area contributed by atoms with Crippen molar-refractivity contribution in [3.05, 3.63) is 0 Å². The largest absolute Gasteiger partial charge is 0.460 e. The lowest BCUT2D eigenvalue weighted by molar-refractivity contribution is -0.436. The quantitative estimate of drug-likeness (QED) is 0.533. The van der Waals surface area contributed by atoms with Crippen molar-refractivity contribution in [2.24, 2.45) is 0 Å². The molecule has 0 aliphatic carbocycles. The lowest BCUT2D eigenvalue weighted by Crippen LogP contribution is -2.72. The Hall–Kier alpha value is -1.23. The van der Waals surface area contributed by atoms with E-state index < -0.39 is 61.4 Å². The van der Waals surface area contributed by atoms with Crippen molar-refractivity contribution >= 4 is 18.3 Å². The van der Waals surface area contributed by atoms with Gasteiger partial charge in [0, 0.05) is 32.7 Å². The molecule has 0 radical (unpaired) electrons. The van der Waals surface area contributed by atoms with Crippen molar-refractivity contribution in [3.8, 4) is 0 Å². The molecule has 0 unspecified atom stereocenters. The molecule has 0 aromatic rings. The van der Waals surface area contributed by atoms with Crippen LogP contribution >= 0.6 is 12.4 Å². The number of carbonyl (C=O) groups excluding carboxylic acids is 1. The van der Waals surface area contributed by atoms with Gasteiger partial charge in [-0.25, -0.2) is 0 Å². The lowest BCUT2D eigenvalue weighted by atomic mass is 9.93. The first-order valence-corrected chi connectivity index (χ1v) is 7.78. The Morgan fingerprint density at radius 3 is 1.42 bits per heavy atom. The van der Waals surface area contributed by atoms with E-state index in [0.717, 1.165) is 0 Å². The highest BCUT2D eigenvalue weighted by Crippen LogP contribution is 2.60. The molecule has 31 heavy (non-hydrogen) atoms. The molecule has 0 bridgehead atoms. The number of rotatable bonds is 7. The van der Waals surface area contributed by atoms with Crippen LogP contribution in [0.25, 0.3) is 0 Å². The van der Waals surface area contributed by atoms with Gasteiger partial charge in [-0.1, -0.05) is 0 Å². The smallest absolute Gasteiger partial charge is 0.395 e. The molecule has 0 saturated carbocycles. The number of aliphatic hydroxyl groups is 1. The molecule has 0 aromatic heterocycles. The summed E-state index contributed by atoms with van der Waals surface area (Å²) in [5.74, 6) is -41.4. The van der Waals surface area contributed by atoms with Gasteiger partial charge in [-0.3, -0.25) is 9.69 Å². The summed E-state index contributed by atoms with van der Waals surface area (Å²) in [4.78, 5) is 12.7. The first kappa shape index (κ1) is 29.8. The fraction of sp³-hybridized carbons (Fsp3) is 0.923. The SMILES string of the molecule is Cl.O=C(N1CCN(CCO)CC1)C(F)(F)C(F)(F)C(F)(F)C(F)(F)C(F)(F)C(F)(F)F. The lowest BCUT2D eigenvalue weighted by Gasteiger charge is -2.41. The molecule has 1 heterocycles. The molecule has 1 fully saturated rings. The van der Waals surface area contributed by atoms with Gasteiger partial charge in [-0.05, 0) is 0 Å². The third kappa shape index (κ3) is 4.62. The maximum Gasteiger partial charge on any atom is 0.460 e. The van der Waals surface area contributed by atoms with Gasteiger partial charge in [0.1, 0.15) is 0 Å². The average molecular weight is 513 g/mol. The van der Waals surface area contributed by atoms with E-state index in [2.05, 4.69) is 0 Å². The van der Waals surface area contributed by atoms with Crippen molar-refractivity contribution in [2.45, 2.75) is 35.8 Å². The number of piperazine rings is 1. The van der Waals surface area contributed by atoms with Crippen LogP contribution in [-0.2, 0) is 4.79 Å². The van der Waals surface area contributed by atoms with Gasteiger partial charge in [0.2, 0.25) is 0 Å². The third-order valence-electron chi connectivity index (χ3n) is 4.28. The van der Waals surface area contributed by atoms with E-state index in [9.17, 15) is 61.9 Å². The standard InChI is InChI=1S/C13H13F13N2O2.ClH/c14-8(15,7(30)28-3-1-27(2-4-28)5-6-29)9(16,17)10(18,19)11(20,21)12(22,23)13(24,25)26;/h29H,1-6H2;1H. The molecule has 4 nitrogen and oxygen atoms in total. The first-order valence-electron chi connectivity index (χ1n) is 7.78. The van der Waals surface area contributed by atoms with Gasteiger partial charge >= 0.3 is 35.8 Å². The van der Waals surface area contributed by atoms with E-state index in [1.165, 1.54) is 4.90 Å². The maximum atomic E-state index is 13.8. The molecule has 1 N–H and O–H groups in total. The van der Waals surface area contributed by atoms with Crippen LogP contribution in [0.5, 0.6) is 0 Å². The van der Waals surface area contributed by atoms with E-state index in [1.807, 2.05) is 0 Å². The number of hydrogen-bond donors (Lipinski definition) is 1. The van der Waals surface area contributed by atoms with Crippen molar-refractivity contribution in [2.75, 3.05) is 39.3 Å². The van der Waals surface area contributed by atoms with E-state index in [1.54, 1.807) is 0 Å². The molecule has 1 aliphatic rings. The molecule has 0 spiro atoms. The monoisotopic (exact) mass is 512 g/mol. The zero-order valence-corrected chi connectivity index (χ0v) is 15.6. The summed E-state index contributed by atoms with van der Waals surface area (Å²) in [6.45, 7) is -2.82. The third-order valence-corrected chi connectivity index (χ3v) is 4.28. The highest BCUT2D eigenvalue weighted by Gasteiger charge is 2.91. The van der Waals surface area contributed by atoms with Crippen LogP contribution in [0, 0.1) is 0 Å². The normalized spacial score (nSPS) is 18.1. The summed E-state index contributed by atoms with van der Waals surface area (Å²) in [5, 5.41) is 8.68. The minimum Gasteiger partial charge on any atom is -0.395 e. The van der Waals surface area contributed by atoms with E-state index in [0.29, 0.717) is 0 Å². The Kier molecular flexibility index (Phi) is 8.60. The molecule has 0 aromatic carbocycles. The Balaban J connectivity index is 0.00000900. The Morgan fingerprint density at radius 2 is 1.06 bits per heavy atom. The summed E-state index contributed by atoms with van der Waals surface area (Å²) < 4.78 is 169. The number of aliphatic hydroxyl groups excluding tert-OH is 1. The van der Waals surface area contributed by atoms with Crippen molar-refractivity contribution in [3.63, 3.8) is 0 Å². The van der Waals surface area contributed by atoms with Crippen molar-refractivity contribution in [1.29, 1.82) is 0 Å². The van der Waals surface area contributed by atoms with Gasteiger partial charge in [-0.15, -0.1) is 12.4 Å². The second kappa shape index (κ2) is 8.96. The van der Waals surface area contributed by atoms with Crippen LogP contribution in [0.4, 0.5) is 57.1 Å². The van der Waals surface area contributed by atoms with Gasteiger partial charge in [0.15, 0.2) is 0 Å². The summed E-state index contributed by atoms with van der Waals surface area (Å²) in [5.41, 5.74) is 0.